The number of thioether (sulfide) groups is 1. The standard InChI is InChI=1S/C7H17N2O3PS/c1-3-11-13(10,12-4-2)5-6-14-7(8)9/h3-6H2,1-2H3,(H3,8,9). The van der Waals surface area contributed by atoms with Gasteiger partial charge in [0.05, 0.1) is 19.4 Å². The van der Waals surface area contributed by atoms with E-state index in [4.69, 9.17) is 20.2 Å². The number of hydrogen-bond acceptors (Lipinski definition) is 5. The van der Waals surface area contributed by atoms with Crippen LogP contribution >= 0.6 is 19.4 Å². The average Bonchev–Trinajstić information content (AvgIpc) is 2.03. The van der Waals surface area contributed by atoms with E-state index in [1.807, 2.05) is 0 Å². The highest BCUT2D eigenvalue weighted by atomic mass is 32.2. The molecule has 7 heteroatoms. The highest BCUT2D eigenvalue weighted by Gasteiger charge is 2.22. The van der Waals surface area contributed by atoms with Crippen LogP contribution in [0.25, 0.3) is 0 Å². The van der Waals surface area contributed by atoms with Crippen LogP contribution in [0, 0.1) is 5.41 Å². The molecule has 0 radical (unpaired) electrons. The van der Waals surface area contributed by atoms with Gasteiger partial charge in [-0.1, -0.05) is 11.8 Å². The molecular weight excluding hydrogens is 223 g/mol. The fourth-order valence-electron chi connectivity index (χ4n) is 0.827. The largest absolute Gasteiger partial charge is 0.379 e. The van der Waals surface area contributed by atoms with Crippen molar-refractivity contribution in [2.75, 3.05) is 25.1 Å². The van der Waals surface area contributed by atoms with Crippen molar-refractivity contribution in [3.63, 3.8) is 0 Å². The summed E-state index contributed by atoms with van der Waals surface area (Å²) in [5, 5.41) is 6.99. The minimum Gasteiger partial charge on any atom is -0.379 e. The first-order valence-electron chi connectivity index (χ1n) is 4.39. The zero-order valence-corrected chi connectivity index (χ0v) is 10.2. The van der Waals surface area contributed by atoms with Crippen molar-refractivity contribution in [2.24, 2.45) is 5.73 Å². The van der Waals surface area contributed by atoms with Crippen molar-refractivity contribution in [1.29, 1.82) is 5.41 Å². The Morgan fingerprint density at radius 1 is 1.43 bits per heavy atom. The highest BCUT2D eigenvalue weighted by Crippen LogP contribution is 2.48. The first-order chi connectivity index (χ1) is 6.54. The number of nitrogens with one attached hydrogen (secondary N) is 1. The Bertz CT molecular complexity index is 215. The van der Waals surface area contributed by atoms with Crippen LogP contribution in [-0.4, -0.2) is 30.3 Å². The highest BCUT2D eigenvalue weighted by molar-refractivity contribution is 8.13. The number of rotatable bonds is 7. The molecule has 0 unspecified atom stereocenters. The summed E-state index contributed by atoms with van der Waals surface area (Å²) < 4.78 is 21.9. The van der Waals surface area contributed by atoms with Gasteiger partial charge in [0.25, 0.3) is 0 Å². The molecule has 0 bridgehead atoms. The van der Waals surface area contributed by atoms with Gasteiger partial charge in [0.2, 0.25) is 0 Å². The topological polar surface area (TPSA) is 85.4 Å². The maximum atomic E-state index is 11.8. The second-order valence-electron chi connectivity index (χ2n) is 2.38. The lowest BCUT2D eigenvalue weighted by Crippen LogP contribution is -2.08. The second kappa shape index (κ2) is 7.29. The van der Waals surface area contributed by atoms with Crippen LogP contribution in [0.5, 0.6) is 0 Å². The minimum absolute atomic E-state index is 0.0181. The zero-order valence-electron chi connectivity index (χ0n) is 8.49. The summed E-state index contributed by atoms with van der Waals surface area (Å²) in [6.45, 7) is 4.26. The second-order valence-corrected chi connectivity index (χ2v) is 5.70. The summed E-state index contributed by atoms with van der Waals surface area (Å²) in [4.78, 5) is 0. The predicted octanol–water partition coefficient (Wildman–Crippen LogP) is 1.88. The fourth-order valence-corrected chi connectivity index (χ4v) is 3.43. The molecule has 0 aromatic carbocycles. The Labute approximate surface area is 88.8 Å². The van der Waals surface area contributed by atoms with Gasteiger partial charge < -0.3 is 14.8 Å². The monoisotopic (exact) mass is 240 g/mol. The third-order valence-corrected chi connectivity index (χ3v) is 4.37. The van der Waals surface area contributed by atoms with E-state index in [9.17, 15) is 4.57 Å². The molecule has 14 heavy (non-hydrogen) atoms. The quantitative estimate of drug-likeness (QED) is 0.403. The van der Waals surface area contributed by atoms with Crippen molar-refractivity contribution < 1.29 is 13.6 Å². The lowest BCUT2D eigenvalue weighted by Gasteiger charge is -2.16. The molecule has 0 heterocycles. The zero-order chi connectivity index (χ0) is 11.0. The number of hydrogen-bond donors (Lipinski definition) is 2. The molecule has 0 atom stereocenters. The molecular formula is C7H17N2O3PS. The summed E-state index contributed by atoms with van der Waals surface area (Å²) in [6.07, 6.45) is 0.291. The van der Waals surface area contributed by atoms with Gasteiger partial charge in [-0.2, -0.15) is 0 Å². The first-order valence-corrected chi connectivity index (χ1v) is 7.10. The van der Waals surface area contributed by atoms with Crippen molar-refractivity contribution >= 4 is 24.5 Å². The lowest BCUT2D eigenvalue weighted by atomic mass is 10.9. The van der Waals surface area contributed by atoms with Gasteiger partial charge in [0.1, 0.15) is 0 Å². The summed E-state index contributed by atoms with van der Waals surface area (Å²) in [7, 11) is -2.95. The molecule has 3 N–H and O–H groups in total. The molecule has 0 aromatic heterocycles. The van der Waals surface area contributed by atoms with E-state index in [1.54, 1.807) is 13.8 Å². The SMILES string of the molecule is CCOP(=O)(CCSC(=N)N)OCC. The van der Waals surface area contributed by atoms with Gasteiger partial charge in [0, 0.05) is 5.75 Å². The molecule has 0 spiro atoms. The molecule has 0 aromatic rings. The van der Waals surface area contributed by atoms with E-state index in [0.29, 0.717) is 25.1 Å². The molecule has 0 aliphatic carbocycles. The molecule has 0 rings (SSSR count). The summed E-state index contributed by atoms with van der Waals surface area (Å²) in [6, 6.07) is 0. The Morgan fingerprint density at radius 2 is 1.93 bits per heavy atom. The maximum absolute atomic E-state index is 11.8. The Hall–Kier alpha value is -0.0300. The van der Waals surface area contributed by atoms with E-state index in [0.717, 1.165) is 11.8 Å². The molecule has 0 amide bonds. The molecule has 0 aliphatic heterocycles. The molecule has 0 saturated carbocycles. The van der Waals surface area contributed by atoms with Crippen LogP contribution in [0.4, 0.5) is 0 Å². The van der Waals surface area contributed by atoms with Crippen molar-refractivity contribution in [3.8, 4) is 0 Å². The first kappa shape index (κ1) is 14.0. The van der Waals surface area contributed by atoms with Crippen molar-refractivity contribution in [2.45, 2.75) is 13.8 Å². The lowest BCUT2D eigenvalue weighted by molar-refractivity contribution is 0.221. The van der Waals surface area contributed by atoms with E-state index in [2.05, 4.69) is 0 Å². The van der Waals surface area contributed by atoms with Crippen LogP contribution in [0.2, 0.25) is 0 Å². The third-order valence-electron chi connectivity index (χ3n) is 1.27. The smallest absolute Gasteiger partial charge is 0.331 e. The van der Waals surface area contributed by atoms with Gasteiger partial charge in [-0.3, -0.25) is 9.97 Å². The Kier molecular flexibility index (Phi) is 7.27. The Morgan fingerprint density at radius 3 is 2.29 bits per heavy atom. The van der Waals surface area contributed by atoms with Crippen LogP contribution < -0.4 is 5.73 Å². The Balaban J connectivity index is 3.96. The summed E-state index contributed by atoms with van der Waals surface area (Å²) >= 11 is 1.14. The van der Waals surface area contributed by atoms with E-state index in [1.165, 1.54) is 0 Å². The van der Waals surface area contributed by atoms with E-state index >= 15 is 0 Å². The normalized spacial score (nSPS) is 11.6. The molecule has 5 nitrogen and oxygen atoms in total. The van der Waals surface area contributed by atoms with Crippen LogP contribution in [0.1, 0.15) is 13.8 Å². The number of nitrogens with two attached hydrogens (primary N) is 1. The molecule has 84 valence electrons. The van der Waals surface area contributed by atoms with Gasteiger partial charge in [-0.25, -0.2) is 0 Å². The van der Waals surface area contributed by atoms with Crippen molar-refractivity contribution in [1.82, 2.24) is 0 Å². The van der Waals surface area contributed by atoms with Crippen LogP contribution in [0.3, 0.4) is 0 Å². The maximum Gasteiger partial charge on any atom is 0.331 e. The number of amidine groups is 1. The summed E-state index contributed by atoms with van der Waals surface area (Å²) in [5.74, 6) is 0.479. The third kappa shape index (κ3) is 6.43. The van der Waals surface area contributed by atoms with Gasteiger partial charge >= 0.3 is 7.60 Å². The molecule has 0 fully saturated rings. The van der Waals surface area contributed by atoms with E-state index in [-0.39, 0.29) is 5.17 Å². The van der Waals surface area contributed by atoms with Crippen LogP contribution in [0.15, 0.2) is 0 Å². The fraction of sp³-hybridized carbons (Fsp3) is 0.857. The van der Waals surface area contributed by atoms with Gasteiger partial charge in [-0.15, -0.1) is 0 Å². The molecule has 0 saturated heterocycles. The molecule has 0 aliphatic rings. The predicted molar refractivity (Wildman–Crippen MR) is 60.1 cm³/mol. The average molecular weight is 240 g/mol. The van der Waals surface area contributed by atoms with Gasteiger partial charge in [0.15, 0.2) is 5.17 Å². The van der Waals surface area contributed by atoms with Gasteiger partial charge in [-0.05, 0) is 13.8 Å². The van der Waals surface area contributed by atoms with Crippen molar-refractivity contribution in [3.05, 3.63) is 0 Å². The summed E-state index contributed by atoms with van der Waals surface area (Å²) in [5.41, 5.74) is 5.14. The van der Waals surface area contributed by atoms with Crippen LogP contribution in [-0.2, 0) is 13.6 Å². The van der Waals surface area contributed by atoms with E-state index < -0.39 is 7.60 Å². The minimum atomic E-state index is -2.95.